The number of rotatable bonds is 5. The van der Waals surface area contributed by atoms with Crippen LogP contribution in [-0.2, 0) is 5.41 Å². The highest BCUT2D eigenvalue weighted by atomic mass is 16.2. The molecule has 5 heteroatoms. The number of hydrogen-bond donors (Lipinski definition) is 2. The Kier molecular flexibility index (Phi) is 6.14. The van der Waals surface area contributed by atoms with Gasteiger partial charge in [0.2, 0.25) is 0 Å². The lowest BCUT2D eigenvalue weighted by molar-refractivity contribution is 0.0944. The second-order valence-corrected chi connectivity index (χ2v) is 7.78. The first-order valence-corrected chi connectivity index (χ1v) is 8.83. The molecule has 0 aliphatic carbocycles. The second-order valence-electron chi connectivity index (χ2n) is 7.78. The summed E-state index contributed by atoms with van der Waals surface area (Å²) in [7, 11) is 0. The van der Waals surface area contributed by atoms with Crippen LogP contribution in [-0.4, -0.2) is 23.3 Å². The summed E-state index contributed by atoms with van der Waals surface area (Å²) in [6.07, 6.45) is 1.48. The molecule has 0 saturated carbocycles. The summed E-state index contributed by atoms with van der Waals surface area (Å²) in [5, 5.41) is 5.76. The SMILES string of the molecule is CC(C)CNC(=O)c1cc(C(=O)Nc2ccccc2C(C)(C)C)ccn1. The topological polar surface area (TPSA) is 71.1 Å². The number of carbonyl (C=O) groups excluding carboxylic acids is 2. The van der Waals surface area contributed by atoms with Gasteiger partial charge in [0.15, 0.2) is 0 Å². The van der Waals surface area contributed by atoms with Gasteiger partial charge in [-0.05, 0) is 35.1 Å². The van der Waals surface area contributed by atoms with Crippen molar-refractivity contribution in [2.75, 3.05) is 11.9 Å². The number of nitrogens with zero attached hydrogens (tertiary/aromatic N) is 1. The highest BCUT2D eigenvalue weighted by Crippen LogP contribution is 2.29. The van der Waals surface area contributed by atoms with Gasteiger partial charge >= 0.3 is 0 Å². The molecule has 0 aliphatic rings. The first-order valence-electron chi connectivity index (χ1n) is 8.83. The zero-order valence-electron chi connectivity index (χ0n) is 16.1. The molecule has 2 rings (SSSR count). The third-order valence-corrected chi connectivity index (χ3v) is 3.91. The molecular weight excluding hydrogens is 326 g/mol. The maximum Gasteiger partial charge on any atom is 0.269 e. The van der Waals surface area contributed by atoms with Gasteiger partial charge in [-0.1, -0.05) is 52.8 Å². The van der Waals surface area contributed by atoms with Crippen molar-refractivity contribution in [3.63, 3.8) is 0 Å². The number of anilines is 1. The fourth-order valence-corrected chi connectivity index (χ4v) is 2.52. The minimum Gasteiger partial charge on any atom is -0.350 e. The Bertz CT molecular complexity index is 792. The van der Waals surface area contributed by atoms with E-state index in [9.17, 15) is 9.59 Å². The highest BCUT2D eigenvalue weighted by molar-refractivity contribution is 6.06. The molecule has 2 aromatic rings. The molecule has 0 aliphatic heterocycles. The summed E-state index contributed by atoms with van der Waals surface area (Å²) in [5.41, 5.74) is 2.37. The molecule has 0 radical (unpaired) electrons. The van der Waals surface area contributed by atoms with E-state index in [0.717, 1.165) is 11.3 Å². The molecule has 0 unspecified atom stereocenters. The van der Waals surface area contributed by atoms with E-state index in [1.54, 1.807) is 6.07 Å². The van der Waals surface area contributed by atoms with E-state index in [1.165, 1.54) is 12.3 Å². The van der Waals surface area contributed by atoms with Gasteiger partial charge in [-0.2, -0.15) is 0 Å². The zero-order valence-corrected chi connectivity index (χ0v) is 16.1. The van der Waals surface area contributed by atoms with Crippen LogP contribution in [0.5, 0.6) is 0 Å². The monoisotopic (exact) mass is 353 g/mol. The number of nitrogens with one attached hydrogen (secondary N) is 2. The fraction of sp³-hybridized carbons (Fsp3) is 0.381. The van der Waals surface area contributed by atoms with Crippen molar-refractivity contribution in [2.24, 2.45) is 5.92 Å². The minimum absolute atomic E-state index is 0.0932. The Morgan fingerprint density at radius 3 is 2.42 bits per heavy atom. The summed E-state index contributed by atoms with van der Waals surface area (Å²) in [6, 6.07) is 10.9. The number of para-hydroxylation sites is 1. The van der Waals surface area contributed by atoms with Crippen LogP contribution in [0.4, 0.5) is 5.69 Å². The predicted molar refractivity (Wildman–Crippen MR) is 105 cm³/mol. The summed E-state index contributed by atoms with van der Waals surface area (Å²) in [5.74, 6) is -0.190. The quantitative estimate of drug-likeness (QED) is 0.853. The molecular formula is C21H27N3O2. The summed E-state index contributed by atoms with van der Waals surface area (Å²) < 4.78 is 0. The van der Waals surface area contributed by atoms with E-state index in [0.29, 0.717) is 18.0 Å². The van der Waals surface area contributed by atoms with Crippen molar-refractivity contribution in [2.45, 2.75) is 40.0 Å². The molecule has 1 aromatic heterocycles. The Labute approximate surface area is 155 Å². The molecule has 26 heavy (non-hydrogen) atoms. The van der Waals surface area contributed by atoms with Gasteiger partial charge in [0, 0.05) is 24.0 Å². The van der Waals surface area contributed by atoms with E-state index in [2.05, 4.69) is 36.4 Å². The molecule has 5 nitrogen and oxygen atoms in total. The lowest BCUT2D eigenvalue weighted by Gasteiger charge is -2.23. The number of hydrogen-bond acceptors (Lipinski definition) is 3. The van der Waals surface area contributed by atoms with Crippen molar-refractivity contribution < 1.29 is 9.59 Å². The molecule has 1 heterocycles. The maximum atomic E-state index is 12.7. The van der Waals surface area contributed by atoms with Gasteiger partial charge in [0.05, 0.1) is 0 Å². The van der Waals surface area contributed by atoms with Crippen LogP contribution in [0.3, 0.4) is 0 Å². The van der Waals surface area contributed by atoms with Gasteiger partial charge in [-0.15, -0.1) is 0 Å². The lowest BCUT2D eigenvalue weighted by Crippen LogP contribution is -2.28. The van der Waals surface area contributed by atoms with Gasteiger partial charge in [0.1, 0.15) is 5.69 Å². The van der Waals surface area contributed by atoms with E-state index in [4.69, 9.17) is 0 Å². The third-order valence-electron chi connectivity index (χ3n) is 3.91. The highest BCUT2D eigenvalue weighted by Gasteiger charge is 2.19. The Morgan fingerprint density at radius 1 is 1.08 bits per heavy atom. The number of amides is 2. The molecule has 0 spiro atoms. The number of pyridine rings is 1. The van der Waals surface area contributed by atoms with Crippen LogP contribution in [0, 0.1) is 5.92 Å². The number of carbonyl (C=O) groups is 2. The molecule has 2 amide bonds. The van der Waals surface area contributed by atoms with E-state index in [1.807, 2.05) is 38.1 Å². The predicted octanol–water partition coefficient (Wildman–Crippen LogP) is 4.02. The van der Waals surface area contributed by atoms with Crippen molar-refractivity contribution in [3.05, 3.63) is 59.4 Å². The first kappa shape index (κ1) is 19.6. The van der Waals surface area contributed by atoms with Crippen LogP contribution < -0.4 is 10.6 Å². The van der Waals surface area contributed by atoms with Gasteiger partial charge in [-0.25, -0.2) is 0 Å². The zero-order chi connectivity index (χ0) is 19.3. The average Bonchev–Trinajstić information content (AvgIpc) is 2.59. The summed E-state index contributed by atoms with van der Waals surface area (Å²) in [6.45, 7) is 10.9. The maximum absolute atomic E-state index is 12.7. The van der Waals surface area contributed by atoms with Gasteiger partial charge in [0.25, 0.3) is 11.8 Å². The molecule has 1 aromatic carbocycles. The van der Waals surface area contributed by atoms with Crippen molar-refractivity contribution >= 4 is 17.5 Å². The number of aromatic nitrogens is 1. The van der Waals surface area contributed by atoms with E-state index in [-0.39, 0.29) is 22.9 Å². The molecule has 2 N–H and O–H groups in total. The van der Waals surface area contributed by atoms with Crippen LogP contribution in [0.15, 0.2) is 42.6 Å². The van der Waals surface area contributed by atoms with Crippen LogP contribution in [0.25, 0.3) is 0 Å². The normalized spacial score (nSPS) is 11.3. The van der Waals surface area contributed by atoms with Crippen molar-refractivity contribution in [1.29, 1.82) is 0 Å². The first-order chi connectivity index (χ1) is 12.2. The second kappa shape index (κ2) is 8.13. The average molecular weight is 353 g/mol. The third kappa shape index (κ3) is 5.15. The lowest BCUT2D eigenvalue weighted by atomic mass is 9.86. The summed E-state index contributed by atoms with van der Waals surface area (Å²) >= 11 is 0. The standard InChI is InChI=1S/C21H27N3O2/c1-14(2)13-23-20(26)18-12-15(10-11-22-18)19(25)24-17-9-7-6-8-16(17)21(3,4)5/h6-12,14H,13H2,1-5H3,(H,23,26)(H,24,25). The molecule has 0 saturated heterocycles. The summed E-state index contributed by atoms with van der Waals surface area (Å²) in [4.78, 5) is 28.9. The van der Waals surface area contributed by atoms with Crippen molar-refractivity contribution in [3.8, 4) is 0 Å². The van der Waals surface area contributed by atoms with Gasteiger partial charge in [-0.3, -0.25) is 14.6 Å². The molecule has 0 fully saturated rings. The van der Waals surface area contributed by atoms with Crippen LogP contribution in [0.1, 0.15) is 61.0 Å². The minimum atomic E-state index is -0.275. The van der Waals surface area contributed by atoms with E-state index < -0.39 is 0 Å². The Balaban J connectivity index is 2.19. The van der Waals surface area contributed by atoms with Crippen LogP contribution in [0.2, 0.25) is 0 Å². The Hall–Kier alpha value is -2.69. The fourth-order valence-electron chi connectivity index (χ4n) is 2.52. The van der Waals surface area contributed by atoms with Crippen LogP contribution >= 0.6 is 0 Å². The molecule has 0 atom stereocenters. The largest absolute Gasteiger partial charge is 0.350 e. The Morgan fingerprint density at radius 2 is 1.77 bits per heavy atom. The van der Waals surface area contributed by atoms with E-state index >= 15 is 0 Å². The smallest absolute Gasteiger partial charge is 0.269 e. The van der Waals surface area contributed by atoms with Gasteiger partial charge < -0.3 is 10.6 Å². The molecule has 138 valence electrons. The van der Waals surface area contributed by atoms with Crippen molar-refractivity contribution in [1.82, 2.24) is 10.3 Å². The number of benzene rings is 1. The molecule has 0 bridgehead atoms.